The molecule has 0 spiro atoms. The number of hydrogen-bond donors (Lipinski definition) is 1. The highest BCUT2D eigenvalue weighted by atomic mass is 35.5. The minimum Gasteiger partial charge on any atom is -0.385 e. The number of hydrogen-bond acceptors (Lipinski definition) is 3. The molecule has 1 amide bonds. The topological polar surface area (TPSA) is 62.1 Å². The number of nitrogens with zero attached hydrogens (tertiary/aromatic N) is 1. The van der Waals surface area contributed by atoms with Crippen molar-refractivity contribution in [3.63, 3.8) is 0 Å². The number of halogens is 1. The minimum atomic E-state index is -0.632. The number of nitriles is 1. The van der Waals surface area contributed by atoms with Crippen LogP contribution in [0, 0.1) is 11.3 Å². The fraction of sp³-hybridized carbons (Fsp3) is 0.429. The molecule has 1 aromatic carbocycles. The Hall–Kier alpha value is -1.57. The highest BCUT2D eigenvalue weighted by molar-refractivity contribution is 6.30. The fourth-order valence-corrected chi connectivity index (χ4v) is 1.74. The van der Waals surface area contributed by atoms with E-state index in [0.29, 0.717) is 18.1 Å². The predicted molar refractivity (Wildman–Crippen MR) is 73.7 cm³/mol. The summed E-state index contributed by atoms with van der Waals surface area (Å²) >= 11 is 5.78. The Morgan fingerprint density at radius 2 is 2.11 bits per heavy atom. The van der Waals surface area contributed by atoms with E-state index in [1.54, 1.807) is 31.4 Å². The van der Waals surface area contributed by atoms with Crippen LogP contribution in [0.25, 0.3) is 0 Å². The second-order valence-corrected chi connectivity index (χ2v) is 4.57. The summed E-state index contributed by atoms with van der Waals surface area (Å²) in [5.41, 5.74) is 0.733. The molecule has 0 aliphatic carbocycles. The van der Waals surface area contributed by atoms with Crippen molar-refractivity contribution in [1.82, 2.24) is 5.32 Å². The van der Waals surface area contributed by atoms with Crippen molar-refractivity contribution in [2.45, 2.75) is 25.3 Å². The van der Waals surface area contributed by atoms with E-state index >= 15 is 0 Å². The van der Waals surface area contributed by atoms with Crippen molar-refractivity contribution >= 4 is 17.5 Å². The third-order valence-corrected chi connectivity index (χ3v) is 2.89. The zero-order valence-electron chi connectivity index (χ0n) is 10.9. The van der Waals surface area contributed by atoms with Gasteiger partial charge in [-0.2, -0.15) is 5.26 Å². The lowest BCUT2D eigenvalue weighted by molar-refractivity contribution is -0.121. The molecule has 0 saturated carbocycles. The van der Waals surface area contributed by atoms with Crippen molar-refractivity contribution in [1.29, 1.82) is 5.26 Å². The first-order chi connectivity index (χ1) is 9.17. The van der Waals surface area contributed by atoms with Gasteiger partial charge in [0.2, 0.25) is 5.91 Å². The van der Waals surface area contributed by atoms with Crippen LogP contribution in [0.5, 0.6) is 0 Å². The highest BCUT2D eigenvalue weighted by Gasteiger charge is 2.13. The molecular weight excluding hydrogens is 264 g/mol. The largest absolute Gasteiger partial charge is 0.385 e. The maximum atomic E-state index is 11.7. The number of nitrogens with one attached hydrogen (secondary N) is 1. The predicted octanol–water partition coefficient (Wildman–Crippen LogP) is 2.84. The standard InChI is InChI=1S/C14H17ClN2O2/c1-19-9-3-2-4-14(18)17-13(10-16)11-5-7-12(15)8-6-11/h5-8,13H,2-4,9H2,1H3,(H,17,18). The average molecular weight is 281 g/mol. The summed E-state index contributed by atoms with van der Waals surface area (Å²) in [5, 5.41) is 12.4. The molecule has 1 aromatic rings. The number of unbranched alkanes of at least 4 members (excludes halogenated alkanes) is 1. The molecule has 1 N–H and O–H groups in total. The molecular formula is C14H17ClN2O2. The Morgan fingerprint density at radius 3 is 2.68 bits per heavy atom. The van der Waals surface area contributed by atoms with Crippen LogP contribution >= 0.6 is 11.6 Å². The number of ether oxygens (including phenoxy) is 1. The lowest BCUT2D eigenvalue weighted by Crippen LogP contribution is -2.27. The van der Waals surface area contributed by atoms with Gasteiger partial charge in [-0.1, -0.05) is 23.7 Å². The molecule has 19 heavy (non-hydrogen) atoms. The zero-order chi connectivity index (χ0) is 14.1. The third kappa shape index (κ3) is 5.73. The van der Waals surface area contributed by atoms with Crippen LogP contribution in [0.15, 0.2) is 24.3 Å². The maximum Gasteiger partial charge on any atom is 0.221 e. The first kappa shape index (κ1) is 15.5. The van der Waals surface area contributed by atoms with E-state index in [1.165, 1.54) is 0 Å². The molecule has 0 heterocycles. The summed E-state index contributed by atoms with van der Waals surface area (Å²) < 4.78 is 4.91. The molecule has 1 unspecified atom stereocenters. The Kier molecular flexibility index (Phi) is 6.94. The van der Waals surface area contributed by atoms with Gasteiger partial charge in [-0.05, 0) is 30.5 Å². The Bertz CT molecular complexity index is 440. The molecule has 4 nitrogen and oxygen atoms in total. The summed E-state index contributed by atoms with van der Waals surface area (Å²) in [6.07, 6.45) is 1.98. The molecule has 0 radical (unpaired) electrons. The second kappa shape index (κ2) is 8.52. The van der Waals surface area contributed by atoms with Gasteiger partial charge in [-0.3, -0.25) is 4.79 Å². The van der Waals surface area contributed by atoms with Crippen molar-refractivity contribution in [2.24, 2.45) is 0 Å². The van der Waals surface area contributed by atoms with Crippen molar-refractivity contribution in [3.8, 4) is 6.07 Å². The lowest BCUT2D eigenvalue weighted by Gasteiger charge is -2.12. The SMILES string of the molecule is COCCCCC(=O)NC(C#N)c1ccc(Cl)cc1. The molecule has 0 aliphatic heterocycles. The smallest absolute Gasteiger partial charge is 0.221 e. The van der Waals surface area contributed by atoms with Crippen LogP contribution in [-0.2, 0) is 9.53 Å². The first-order valence-electron chi connectivity index (χ1n) is 6.10. The van der Waals surface area contributed by atoms with Crippen molar-refractivity contribution < 1.29 is 9.53 Å². The van der Waals surface area contributed by atoms with Crippen LogP contribution in [0.3, 0.4) is 0 Å². The number of benzene rings is 1. The molecule has 0 aliphatic rings. The van der Waals surface area contributed by atoms with E-state index < -0.39 is 6.04 Å². The number of rotatable bonds is 7. The molecule has 102 valence electrons. The number of carbonyl (C=O) groups is 1. The fourth-order valence-electron chi connectivity index (χ4n) is 1.61. The highest BCUT2D eigenvalue weighted by Crippen LogP contribution is 2.16. The van der Waals surface area contributed by atoms with Gasteiger partial charge in [0, 0.05) is 25.2 Å². The van der Waals surface area contributed by atoms with Gasteiger partial charge in [0.05, 0.1) is 6.07 Å². The van der Waals surface area contributed by atoms with E-state index in [-0.39, 0.29) is 5.91 Å². The lowest BCUT2D eigenvalue weighted by atomic mass is 10.1. The number of methoxy groups -OCH3 is 1. The Morgan fingerprint density at radius 1 is 1.42 bits per heavy atom. The van der Waals surface area contributed by atoms with E-state index in [1.807, 2.05) is 0 Å². The van der Waals surface area contributed by atoms with Crippen LogP contribution < -0.4 is 5.32 Å². The Labute approximate surface area is 118 Å². The number of amides is 1. The van der Waals surface area contributed by atoms with E-state index in [4.69, 9.17) is 21.6 Å². The van der Waals surface area contributed by atoms with Gasteiger partial charge in [0.25, 0.3) is 0 Å². The van der Waals surface area contributed by atoms with Crippen LogP contribution in [0.4, 0.5) is 0 Å². The molecule has 1 rings (SSSR count). The van der Waals surface area contributed by atoms with Crippen LogP contribution in [0.2, 0.25) is 5.02 Å². The summed E-state index contributed by atoms with van der Waals surface area (Å²) in [4.78, 5) is 11.7. The maximum absolute atomic E-state index is 11.7. The molecule has 0 fully saturated rings. The van der Waals surface area contributed by atoms with Gasteiger partial charge in [-0.25, -0.2) is 0 Å². The van der Waals surface area contributed by atoms with Gasteiger partial charge in [-0.15, -0.1) is 0 Å². The second-order valence-electron chi connectivity index (χ2n) is 4.13. The molecule has 1 atom stereocenters. The monoisotopic (exact) mass is 280 g/mol. The normalized spacial score (nSPS) is 11.6. The van der Waals surface area contributed by atoms with Crippen LogP contribution in [-0.4, -0.2) is 19.6 Å². The van der Waals surface area contributed by atoms with Crippen LogP contribution in [0.1, 0.15) is 30.9 Å². The summed E-state index contributed by atoms with van der Waals surface area (Å²) in [7, 11) is 1.63. The quantitative estimate of drug-likeness (QED) is 0.781. The minimum absolute atomic E-state index is 0.127. The van der Waals surface area contributed by atoms with Crippen molar-refractivity contribution in [2.75, 3.05) is 13.7 Å². The zero-order valence-corrected chi connectivity index (χ0v) is 11.6. The first-order valence-corrected chi connectivity index (χ1v) is 6.48. The van der Waals surface area contributed by atoms with Crippen molar-refractivity contribution in [3.05, 3.63) is 34.9 Å². The molecule has 5 heteroatoms. The molecule has 0 saturated heterocycles. The van der Waals surface area contributed by atoms with Gasteiger partial charge in [0.1, 0.15) is 6.04 Å². The summed E-state index contributed by atoms with van der Waals surface area (Å²) in [6, 6.07) is 8.31. The van der Waals surface area contributed by atoms with E-state index in [0.717, 1.165) is 18.4 Å². The Balaban J connectivity index is 2.46. The van der Waals surface area contributed by atoms with E-state index in [9.17, 15) is 4.79 Å². The number of carbonyl (C=O) groups excluding carboxylic acids is 1. The summed E-state index contributed by atoms with van der Waals surface area (Å²) in [5.74, 6) is -0.127. The van der Waals surface area contributed by atoms with Gasteiger partial charge in [0.15, 0.2) is 0 Å². The van der Waals surface area contributed by atoms with Gasteiger partial charge < -0.3 is 10.1 Å². The average Bonchev–Trinajstić information content (AvgIpc) is 2.42. The third-order valence-electron chi connectivity index (χ3n) is 2.64. The molecule has 0 aromatic heterocycles. The van der Waals surface area contributed by atoms with Gasteiger partial charge >= 0.3 is 0 Å². The van der Waals surface area contributed by atoms with E-state index in [2.05, 4.69) is 11.4 Å². The molecule has 0 bridgehead atoms. The summed E-state index contributed by atoms with van der Waals surface area (Å²) in [6.45, 7) is 0.645.